The summed E-state index contributed by atoms with van der Waals surface area (Å²) in [6, 6.07) is 3.99. The zero-order valence-electron chi connectivity index (χ0n) is 8.88. The van der Waals surface area contributed by atoms with Crippen LogP contribution in [0.2, 0.25) is 0 Å². The van der Waals surface area contributed by atoms with Gasteiger partial charge in [-0.15, -0.1) is 0 Å². The van der Waals surface area contributed by atoms with E-state index in [0.717, 1.165) is 30.0 Å². The quantitative estimate of drug-likeness (QED) is 0.750. The van der Waals surface area contributed by atoms with E-state index in [1.54, 1.807) is 0 Å². The first-order valence-electron chi connectivity index (χ1n) is 5.09. The van der Waals surface area contributed by atoms with Crippen LogP contribution in [0, 0.1) is 6.92 Å². The molecule has 0 aromatic carbocycles. The molecule has 0 aliphatic rings. The molecule has 3 nitrogen and oxygen atoms in total. The Morgan fingerprint density at radius 1 is 1.43 bits per heavy atom. The van der Waals surface area contributed by atoms with Crippen LogP contribution >= 0.6 is 0 Å². The summed E-state index contributed by atoms with van der Waals surface area (Å²) in [6.45, 7) is 5.23. The van der Waals surface area contributed by atoms with Crippen LogP contribution in [0.15, 0.2) is 12.1 Å². The second-order valence-electron chi connectivity index (χ2n) is 3.34. The summed E-state index contributed by atoms with van der Waals surface area (Å²) in [5.41, 5.74) is 2.12. The second-order valence-corrected chi connectivity index (χ2v) is 3.34. The summed E-state index contributed by atoms with van der Waals surface area (Å²) in [5, 5.41) is 12.0. The van der Waals surface area contributed by atoms with Crippen molar-refractivity contribution < 1.29 is 5.11 Å². The number of aromatic nitrogens is 1. The Kier molecular flexibility index (Phi) is 4.40. The van der Waals surface area contributed by atoms with Crippen LogP contribution in [-0.4, -0.2) is 23.2 Å². The average molecular weight is 194 g/mol. The van der Waals surface area contributed by atoms with Crippen LogP contribution < -0.4 is 5.32 Å². The zero-order valence-corrected chi connectivity index (χ0v) is 8.88. The van der Waals surface area contributed by atoms with Gasteiger partial charge in [0, 0.05) is 18.8 Å². The minimum atomic E-state index is 0.185. The molecule has 0 amide bonds. The van der Waals surface area contributed by atoms with Crippen LogP contribution in [-0.2, 0) is 6.42 Å². The molecule has 0 aliphatic carbocycles. The first-order valence-corrected chi connectivity index (χ1v) is 5.09. The van der Waals surface area contributed by atoms with E-state index in [9.17, 15) is 0 Å². The van der Waals surface area contributed by atoms with E-state index in [4.69, 9.17) is 5.11 Å². The maximum absolute atomic E-state index is 8.81. The fourth-order valence-corrected chi connectivity index (χ4v) is 1.33. The molecule has 0 saturated heterocycles. The smallest absolute Gasteiger partial charge is 0.126 e. The van der Waals surface area contributed by atoms with Gasteiger partial charge in [-0.2, -0.15) is 0 Å². The number of rotatable bonds is 5. The summed E-state index contributed by atoms with van der Waals surface area (Å²) in [6.07, 6.45) is 1.78. The van der Waals surface area contributed by atoms with Gasteiger partial charge in [0.2, 0.25) is 0 Å². The number of hydrogen-bond acceptors (Lipinski definition) is 3. The van der Waals surface area contributed by atoms with Gasteiger partial charge in [0.05, 0.1) is 0 Å². The van der Waals surface area contributed by atoms with Crippen LogP contribution in [0.25, 0.3) is 0 Å². The van der Waals surface area contributed by atoms with Gasteiger partial charge < -0.3 is 10.4 Å². The minimum absolute atomic E-state index is 0.185. The molecule has 0 unspecified atom stereocenters. The first kappa shape index (κ1) is 11.0. The SMILES string of the molecule is CCCNc1ccc(CCO)c(C)n1. The van der Waals surface area contributed by atoms with Crippen molar-refractivity contribution in [3.63, 3.8) is 0 Å². The van der Waals surface area contributed by atoms with E-state index in [-0.39, 0.29) is 6.61 Å². The summed E-state index contributed by atoms with van der Waals surface area (Å²) in [7, 11) is 0. The van der Waals surface area contributed by atoms with Crippen LogP contribution in [0.3, 0.4) is 0 Å². The summed E-state index contributed by atoms with van der Waals surface area (Å²) < 4.78 is 0. The lowest BCUT2D eigenvalue weighted by Gasteiger charge is -2.07. The third-order valence-electron chi connectivity index (χ3n) is 2.13. The van der Waals surface area contributed by atoms with Crippen LogP contribution in [0.5, 0.6) is 0 Å². The molecule has 0 fully saturated rings. The van der Waals surface area contributed by atoms with Gasteiger partial charge in [0.1, 0.15) is 5.82 Å². The number of nitrogens with one attached hydrogen (secondary N) is 1. The van der Waals surface area contributed by atoms with Crippen molar-refractivity contribution in [3.8, 4) is 0 Å². The normalized spacial score (nSPS) is 10.2. The molecule has 2 N–H and O–H groups in total. The second kappa shape index (κ2) is 5.60. The molecule has 0 aliphatic heterocycles. The molecule has 0 atom stereocenters. The van der Waals surface area contributed by atoms with E-state index < -0.39 is 0 Å². The van der Waals surface area contributed by atoms with Crippen molar-refractivity contribution in [2.45, 2.75) is 26.7 Å². The molecule has 0 spiro atoms. The van der Waals surface area contributed by atoms with E-state index in [1.165, 1.54) is 0 Å². The van der Waals surface area contributed by atoms with Gasteiger partial charge in [0.15, 0.2) is 0 Å². The Balaban J connectivity index is 2.68. The Labute approximate surface area is 85.2 Å². The standard InChI is InChI=1S/C11H18N2O/c1-3-7-12-11-5-4-10(6-8-14)9(2)13-11/h4-5,14H,3,6-8H2,1-2H3,(H,12,13). The number of aryl methyl sites for hydroxylation is 1. The largest absolute Gasteiger partial charge is 0.396 e. The highest BCUT2D eigenvalue weighted by Crippen LogP contribution is 2.10. The molecular weight excluding hydrogens is 176 g/mol. The number of aliphatic hydroxyl groups excluding tert-OH is 1. The van der Waals surface area contributed by atoms with Crippen molar-refractivity contribution in [3.05, 3.63) is 23.4 Å². The number of aliphatic hydroxyl groups is 1. The van der Waals surface area contributed by atoms with E-state index in [0.29, 0.717) is 6.42 Å². The van der Waals surface area contributed by atoms with Gasteiger partial charge in [-0.3, -0.25) is 0 Å². The fraction of sp³-hybridized carbons (Fsp3) is 0.545. The van der Waals surface area contributed by atoms with E-state index in [2.05, 4.69) is 17.2 Å². The lowest BCUT2D eigenvalue weighted by molar-refractivity contribution is 0.299. The number of pyridine rings is 1. The summed E-state index contributed by atoms with van der Waals surface area (Å²) in [4.78, 5) is 4.41. The highest BCUT2D eigenvalue weighted by molar-refractivity contribution is 5.38. The first-order chi connectivity index (χ1) is 6.77. The monoisotopic (exact) mass is 194 g/mol. The molecule has 1 aromatic heterocycles. The van der Waals surface area contributed by atoms with Crippen molar-refractivity contribution in [2.75, 3.05) is 18.5 Å². The van der Waals surface area contributed by atoms with Crippen LogP contribution in [0.1, 0.15) is 24.6 Å². The Morgan fingerprint density at radius 2 is 2.21 bits per heavy atom. The van der Waals surface area contributed by atoms with E-state index >= 15 is 0 Å². The maximum Gasteiger partial charge on any atom is 0.126 e. The van der Waals surface area contributed by atoms with Crippen molar-refractivity contribution >= 4 is 5.82 Å². The molecule has 0 saturated carbocycles. The summed E-state index contributed by atoms with van der Waals surface area (Å²) in [5.74, 6) is 0.922. The summed E-state index contributed by atoms with van der Waals surface area (Å²) >= 11 is 0. The lowest BCUT2D eigenvalue weighted by Crippen LogP contribution is -2.04. The molecule has 14 heavy (non-hydrogen) atoms. The number of anilines is 1. The zero-order chi connectivity index (χ0) is 10.4. The molecule has 0 bridgehead atoms. The Hall–Kier alpha value is -1.09. The third-order valence-corrected chi connectivity index (χ3v) is 2.13. The number of nitrogens with zero attached hydrogens (tertiary/aromatic N) is 1. The highest BCUT2D eigenvalue weighted by Gasteiger charge is 2.00. The lowest BCUT2D eigenvalue weighted by atomic mass is 10.1. The van der Waals surface area contributed by atoms with Gasteiger partial charge in [0.25, 0.3) is 0 Å². The van der Waals surface area contributed by atoms with Gasteiger partial charge >= 0.3 is 0 Å². The third kappa shape index (κ3) is 3.00. The topological polar surface area (TPSA) is 45.1 Å². The Bertz CT molecular complexity index is 287. The van der Waals surface area contributed by atoms with Crippen molar-refractivity contribution in [1.29, 1.82) is 0 Å². The Morgan fingerprint density at radius 3 is 2.79 bits per heavy atom. The highest BCUT2D eigenvalue weighted by atomic mass is 16.2. The molecule has 3 heteroatoms. The fourth-order valence-electron chi connectivity index (χ4n) is 1.33. The molecule has 0 radical (unpaired) electrons. The minimum Gasteiger partial charge on any atom is -0.396 e. The van der Waals surface area contributed by atoms with Crippen LogP contribution in [0.4, 0.5) is 5.82 Å². The van der Waals surface area contributed by atoms with Crippen molar-refractivity contribution in [1.82, 2.24) is 4.98 Å². The molecule has 1 heterocycles. The molecular formula is C11H18N2O. The van der Waals surface area contributed by atoms with E-state index in [1.807, 2.05) is 19.1 Å². The predicted molar refractivity (Wildman–Crippen MR) is 58.5 cm³/mol. The van der Waals surface area contributed by atoms with Gasteiger partial charge in [-0.25, -0.2) is 4.98 Å². The number of hydrogen-bond donors (Lipinski definition) is 2. The molecule has 78 valence electrons. The average Bonchev–Trinajstić information content (AvgIpc) is 2.19. The predicted octanol–water partition coefficient (Wildman–Crippen LogP) is 1.75. The molecule has 1 rings (SSSR count). The van der Waals surface area contributed by atoms with Gasteiger partial charge in [-0.05, 0) is 31.4 Å². The maximum atomic E-state index is 8.81. The van der Waals surface area contributed by atoms with Crippen molar-refractivity contribution in [2.24, 2.45) is 0 Å². The molecule has 1 aromatic rings. The van der Waals surface area contributed by atoms with Gasteiger partial charge in [-0.1, -0.05) is 13.0 Å².